The number of nitrogens with two attached hydrogens (primary N) is 2. The molecule has 4 N–H and O–H groups in total. The minimum Gasteiger partial charge on any atom is -0.368 e. The van der Waals surface area contributed by atoms with E-state index in [1.807, 2.05) is 23.4 Å². The van der Waals surface area contributed by atoms with E-state index in [0.29, 0.717) is 18.3 Å². The maximum Gasteiger partial charge on any atom is 0.226 e. The van der Waals surface area contributed by atoms with Gasteiger partial charge in [-0.15, -0.1) is 10.2 Å². The van der Waals surface area contributed by atoms with E-state index in [2.05, 4.69) is 46.6 Å². The van der Waals surface area contributed by atoms with Crippen molar-refractivity contribution >= 4 is 22.9 Å². The normalized spacial score (nSPS) is 17.0. The van der Waals surface area contributed by atoms with E-state index in [1.165, 1.54) is 16.3 Å². The topological polar surface area (TPSA) is 86.0 Å². The van der Waals surface area contributed by atoms with E-state index in [9.17, 15) is 0 Å². The van der Waals surface area contributed by atoms with E-state index < -0.39 is 0 Å². The van der Waals surface area contributed by atoms with E-state index >= 15 is 0 Å². The van der Waals surface area contributed by atoms with Crippen LogP contribution in [0.25, 0.3) is 17.0 Å². The van der Waals surface area contributed by atoms with Crippen LogP contribution in [0.1, 0.15) is 17.6 Å². The molecule has 0 aliphatic carbocycles. The van der Waals surface area contributed by atoms with Gasteiger partial charge in [-0.3, -0.25) is 4.57 Å². The number of aromatic nitrogens is 3. The zero-order valence-electron chi connectivity index (χ0n) is 11.9. The number of nitrogen functional groups attached to an aromatic ring is 1. The van der Waals surface area contributed by atoms with Gasteiger partial charge in [-0.25, -0.2) is 0 Å². The molecule has 2 aromatic carbocycles. The van der Waals surface area contributed by atoms with Gasteiger partial charge in [-0.1, -0.05) is 42.5 Å². The van der Waals surface area contributed by atoms with Crippen LogP contribution >= 0.6 is 0 Å². The lowest BCUT2D eigenvalue weighted by atomic mass is 10.0. The second kappa shape index (κ2) is 4.85. The SMILES string of the molecule is Nc1nnc2n1C=CN(Cc1cccc3ccccc13)C2N. The largest absolute Gasteiger partial charge is 0.368 e. The van der Waals surface area contributed by atoms with Crippen LogP contribution in [-0.2, 0) is 6.54 Å². The van der Waals surface area contributed by atoms with Gasteiger partial charge in [-0.05, 0) is 16.3 Å². The average molecular weight is 292 g/mol. The molecule has 1 aliphatic heterocycles. The van der Waals surface area contributed by atoms with Crippen molar-refractivity contribution in [3.63, 3.8) is 0 Å². The fourth-order valence-corrected chi connectivity index (χ4v) is 2.84. The van der Waals surface area contributed by atoms with Gasteiger partial charge in [0.25, 0.3) is 0 Å². The van der Waals surface area contributed by atoms with Gasteiger partial charge in [0.1, 0.15) is 6.17 Å². The Balaban J connectivity index is 1.69. The number of benzene rings is 2. The molecular formula is C16H16N6. The number of hydrogen-bond acceptors (Lipinski definition) is 5. The number of rotatable bonds is 2. The summed E-state index contributed by atoms with van der Waals surface area (Å²) < 4.78 is 1.71. The smallest absolute Gasteiger partial charge is 0.226 e. The summed E-state index contributed by atoms with van der Waals surface area (Å²) in [6.45, 7) is 0.700. The van der Waals surface area contributed by atoms with Crippen LogP contribution in [0.15, 0.2) is 48.7 Å². The molecule has 0 amide bonds. The quantitative estimate of drug-likeness (QED) is 0.753. The van der Waals surface area contributed by atoms with E-state index in [4.69, 9.17) is 11.5 Å². The third-order valence-corrected chi connectivity index (χ3v) is 4.01. The number of fused-ring (bicyclic) bond motifs is 2. The van der Waals surface area contributed by atoms with E-state index in [-0.39, 0.29) is 6.17 Å². The highest BCUT2D eigenvalue weighted by atomic mass is 15.4. The van der Waals surface area contributed by atoms with E-state index in [0.717, 1.165) is 0 Å². The van der Waals surface area contributed by atoms with Crippen molar-refractivity contribution in [1.29, 1.82) is 0 Å². The first-order valence-corrected chi connectivity index (χ1v) is 7.10. The van der Waals surface area contributed by atoms with Gasteiger partial charge in [0.05, 0.1) is 0 Å². The molecule has 4 rings (SSSR count). The predicted octanol–water partition coefficient (Wildman–Crippen LogP) is 1.91. The molecule has 6 heteroatoms. The molecule has 110 valence electrons. The Labute approximate surface area is 127 Å². The maximum absolute atomic E-state index is 6.29. The highest BCUT2D eigenvalue weighted by Gasteiger charge is 2.24. The van der Waals surface area contributed by atoms with Crippen molar-refractivity contribution in [2.75, 3.05) is 5.73 Å². The zero-order valence-corrected chi connectivity index (χ0v) is 11.9. The molecule has 0 fully saturated rings. The fraction of sp³-hybridized carbons (Fsp3) is 0.125. The van der Waals surface area contributed by atoms with Crippen molar-refractivity contribution in [2.45, 2.75) is 12.7 Å². The predicted molar refractivity (Wildman–Crippen MR) is 86.2 cm³/mol. The molecule has 1 aromatic heterocycles. The lowest BCUT2D eigenvalue weighted by Gasteiger charge is -2.30. The number of anilines is 1. The van der Waals surface area contributed by atoms with Crippen LogP contribution in [0.3, 0.4) is 0 Å². The lowest BCUT2D eigenvalue weighted by Crippen LogP contribution is -2.34. The molecule has 1 aliphatic rings. The summed E-state index contributed by atoms with van der Waals surface area (Å²) >= 11 is 0. The Morgan fingerprint density at radius 3 is 2.73 bits per heavy atom. The summed E-state index contributed by atoms with van der Waals surface area (Å²) in [4.78, 5) is 2.03. The van der Waals surface area contributed by atoms with Crippen LogP contribution < -0.4 is 11.5 Å². The second-order valence-electron chi connectivity index (χ2n) is 5.34. The summed E-state index contributed by atoms with van der Waals surface area (Å²) in [5.74, 6) is 1.01. The Morgan fingerprint density at radius 2 is 1.82 bits per heavy atom. The lowest BCUT2D eigenvalue weighted by molar-refractivity contribution is 0.260. The van der Waals surface area contributed by atoms with Crippen LogP contribution in [-0.4, -0.2) is 19.7 Å². The molecular weight excluding hydrogens is 276 g/mol. The second-order valence-corrected chi connectivity index (χ2v) is 5.34. The van der Waals surface area contributed by atoms with Gasteiger partial charge in [0, 0.05) is 18.9 Å². The fourth-order valence-electron chi connectivity index (χ4n) is 2.84. The van der Waals surface area contributed by atoms with Gasteiger partial charge < -0.3 is 16.4 Å². The highest BCUT2D eigenvalue weighted by molar-refractivity contribution is 5.85. The molecule has 22 heavy (non-hydrogen) atoms. The first-order chi connectivity index (χ1) is 10.7. The monoisotopic (exact) mass is 292 g/mol. The summed E-state index contributed by atoms with van der Waals surface area (Å²) in [6, 6.07) is 14.6. The van der Waals surface area contributed by atoms with Gasteiger partial charge in [0.15, 0.2) is 5.82 Å². The molecule has 2 heterocycles. The van der Waals surface area contributed by atoms with Crippen LogP contribution in [0.5, 0.6) is 0 Å². The van der Waals surface area contributed by atoms with Crippen LogP contribution in [0, 0.1) is 0 Å². The third-order valence-electron chi connectivity index (χ3n) is 4.01. The van der Waals surface area contributed by atoms with Crippen molar-refractivity contribution in [1.82, 2.24) is 19.7 Å². The first-order valence-electron chi connectivity index (χ1n) is 7.10. The molecule has 0 saturated carbocycles. The minimum absolute atomic E-state index is 0.353. The Hall–Kier alpha value is -2.86. The average Bonchev–Trinajstić information content (AvgIpc) is 2.92. The standard InChI is InChI=1S/C16H16N6/c17-14-15-19-20-16(18)22(15)9-8-21(14)10-12-6-3-5-11-4-1-2-7-13(11)12/h1-9,14H,10,17H2,(H2,18,20). The number of hydrogen-bond donors (Lipinski definition) is 2. The van der Waals surface area contributed by atoms with Crippen molar-refractivity contribution < 1.29 is 0 Å². The Morgan fingerprint density at radius 1 is 1.00 bits per heavy atom. The van der Waals surface area contributed by atoms with Gasteiger partial charge >= 0.3 is 0 Å². The van der Waals surface area contributed by atoms with E-state index in [1.54, 1.807) is 4.57 Å². The van der Waals surface area contributed by atoms with Gasteiger partial charge in [-0.2, -0.15) is 0 Å². The van der Waals surface area contributed by atoms with Gasteiger partial charge in [0.2, 0.25) is 5.95 Å². The molecule has 1 atom stereocenters. The Kier molecular flexibility index (Phi) is 2.83. The summed E-state index contributed by atoms with van der Waals surface area (Å²) in [7, 11) is 0. The molecule has 1 unspecified atom stereocenters. The van der Waals surface area contributed by atoms with Crippen molar-refractivity contribution in [3.8, 4) is 0 Å². The molecule has 0 bridgehead atoms. The molecule has 0 spiro atoms. The number of nitrogens with zero attached hydrogens (tertiary/aromatic N) is 4. The Bertz CT molecular complexity index is 861. The maximum atomic E-state index is 6.29. The van der Waals surface area contributed by atoms with Crippen LogP contribution in [0.2, 0.25) is 0 Å². The summed E-state index contributed by atoms with van der Waals surface area (Å²) in [5.41, 5.74) is 13.3. The third kappa shape index (κ3) is 1.93. The first kappa shape index (κ1) is 12.8. The van der Waals surface area contributed by atoms with Crippen LogP contribution in [0.4, 0.5) is 5.95 Å². The summed E-state index contributed by atoms with van der Waals surface area (Å²) in [5, 5.41) is 10.4. The highest BCUT2D eigenvalue weighted by Crippen LogP contribution is 2.26. The summed E-state index contributed by atoms with van der Waals surface area (Å²) in [6.07, 6.45) is 3.41. The zero-order chi connectivity index (χ0) is 15.1. The molecule has 0 saturated heterocycles. The molecule has 3 aromatic rings. The van der Waals surface area contributed by atoms with Crippen molar-refractivity contribution in [2.24, 2.45) is 5.73 Å². The van der Waals surface area contributed by atoms with Crippen molar-refractivity contribution in [3.05, 3.63) is 60.1 Å². The minimum atomic E-state index is -0.367. The molecule has 6 nitrogen and oxygen atoms in total. The molecule has 0 radical (unpaired) electrons.